The first kappa shape index (κ1) is 28.3. The molecule has 3 aromatic rings. The summed E-state index contributed by atoms with van der Waals surface area (Å²) in [6.45, 7) is -0.694. The van der Waals surface area contributed by atoms with E-state index < -0.39 is 12.7 Å². The highest BCUT2D eigenvalue weighted by atomic mass is 19.3. The van der Waals surface area contributed by atoms with Crippen LogP contribution in [0.3, 0.4) is 0 Å². The van der Waals surface area contributed by atoms with Crippen molar-refractivity contribution in [2.45, 2.75) is 82.9 Å². The van der Waals surface area contributed by atoms with Gasteiger partial charge in [-0.2, -0.15) is 13.9 Å². The third-order valence-electron chi connectivity index (χ3n) is 8.83. The first-order chi connectivity index (χ1) is 19.3. The van der Waals surface area contributed by atoms with Crippen molar-refractivity contribution in [3.05, 3.63) is 71.5 Å². The maximum absolute atomic E-state index is 13.4. The number of nitrogens with zero attached hydrogens (tertiary/aromatic N) is 2. The fourth-order valence-corrected chi connectivity index (χ4v) is 6.62. The number of benzene rings is 2. The molecule has 0 spiro atoms. The number of halogens is 2. The number of aryl methyl sites for hydroxylation is 1. The van der Waals surface area contributed by atoms with Crippen molar-refractivity contribution in [3.8, 4) is 16.9 Å². The predicted molar refractivity (Wildman–Crippen MR) is 150 cm³/mol. The Balaban J connectivity index is 1.40. The van der Waals surface area contributed by atoms with E-state index in [0.29, 0.717) is 16.7 Å². The van der Waals surface area contributed by atoms with Gasteiger partial charge < -0.3 is 15.2 Å². The zero-order valence-electron chi connectivity index (χ0n) is 23.2. The molecule has 2 saturated carbocycles. The molecule has 6 nitrogen and oxygen atoms in total. The second kappa shape index (κ2) is 12.5. The molecule has 4 atom stereocenters. The highest BCUT2D eigenvalue weighted by molar-refractivity contribution is 5.79. The Morgan fingerprint density at radius 3 is 2.55 bits per heavy atom. The molecule has 2 aliphatic carbocycles. The van der Waals surface area contributed by atoms with Crippen LogP contribution in [-0.2, 0) is 4.79 Å². The minimum Gasteiger partial charge on any atom is -0.496 e. The number of nitrogens with one attached hydrogen (secondary N) is 1. The zero-order chi connectivity index (χ0) is 28.2. The molecule has 2 aliphatic rings. The summed E-state index contributed by atoms with van der Waals surface area (Å²) >= 11 is 0. The van der Waals surface area contributed by atoms with Gasteiger partial charge in [0.25, 0.3) is 0 Å². The van der Waals surface area contributed by atoms with Crippen LogP contribution in [0, 0.1) is 18.8 Å². The van der Waals surface area contributed by atoms with Gasteiger partial charge in [-0.15, -0.1) is 0 Å². The van der Waals surface area contributed by atoms with Crippen molar-refractivity contribution in [2.75, 3.05) is 7.11 Å². The number of carbonyl (C=O) groups excluding carboxylic acids is 1. The largest absolute Gasteiger partial charge is 0.496 e. The first-order valence-electron chi connectivity index (χ1n) is 14.4. The van der Waals surface area contributed by atoms with E-state index in [-0.39, 0.29) is 29.7 Å². The molecule has 1 heterocycles. The van der Waals surface area contributed by atoms with Crippen LogP contribution in [-0.4, -0.2) is 34.0 Å². The molecule has 0 radical (unpaired) electrons. The molecule has 214 valence electrons. The normalized spacial score (nSPS) is 22.7. The second-order valence-electron chi connectivity index (χ2n) is 11.4. The Bertz CT molecular complexity index is 1300. The lowest BCUT2D eigenvalue weighted by atomic mass is 9.72. The summed E-state index contributed by atoms with van der Waals surface area (Å²) in [5.41, 5.74) is 4.42. The standard InChI is InChI=1S/C32H39F2N3O3/c1-20-15-23(12-14-29(20)40-2)27-13-11-25(17-28(27)38)30(36-31(39)21-7-4-3-5-8-21)24-10-6-9-22(16-24)26-18-35-37(19-26)32(33)34/h6,9-10,12,14-16,18-19,21,25,27-28,30,32,38H,3-5,7-8,11,13,17H2,1-2H3,(H,36,39). The molecule has 5 rings (SSSR count). The van der Waals surface area contributed by atoms with Crippen LogP contribution in [0.15, 0.2) is 54.9 Å². The molecule has 4 unspecified atom stereocenters. The van der Waals surface area contributed by atoms with Crippen LogP contribution in [0.2, 0.25) is 0 Å². The van der Waals surface area contributed by atoms with E-state index in [1.54, 1.807) is 7.11 Å². The molecule has 2 fully saturated rings. The molecule has 40 heavy (non-hydrogen) atoms. The number of aliphatic hydroxyl groups excluding tert-OH is 1. The Hall–Kier alpha value is -3.26. The van der Waals surface area contributed by atoms with Gasteiger partial charge in [0, 0.05) is 23.6 Å². The number of aliphatic hydroxyl groups is 1. The highest BCUT2D eigenvalue weighted by Gasteiger charge is 2.36. The second-order valence-corrected chi connectivity index (χ2v) is 11.4. The van der Waals surface area contributed by atoms with Crippen molar-refractivity contribution in [1.82, 2.24) is 15.1 Å². The fraction of sp³-hybridized carbons (Fsp3) is 0.500. The van der Waals surface area contributed by atoms with Gasteiger partial charge in [0.2, 0.25) is 5.91 Å². The lowest BCUT2D eigenvalue weighted by Gasteiger charge is -2.38. The number of hydrogen-bond donors (Lipinski definition) is 2. The van der Waals surface area contributed by atoms with E-state index in [2.05, 4.69) is 16.5 Å². The van der Waals surface area contributed by atoms with E-state index in [1.807, 2.05) is 43.3 Å². The third-order valence-corrected chi connectivity index (χ3v) is 8.83. The number of methoxy groups -OCH3 is 1. The summed E-state index contributed by atoms with van der Waals surface area (Å²) < 4.78 is 32.3. The zero-order valence-corrected chi connectivity index (χ0v) is 23.2. The monoisotopic (exact) mass is 551 g/mol. The minimum absolute atomic E-state index is 0.00671. The summed E-state index contributed by atoms with van der Waals surface area (Å²) in [4.78, 5) is 13.4. The molecular weight excluding hydrogens is 512 g/mol. The van der Waals surface area contributed by atoms with Gasteiger partial charge in [0.15, 0.2) is 0 Å². The first-order valence-corrected chi connectivity index (χ1v) is 14.4. The maximum Gasteiger partial charge on any atom is 0.333 e. The lowest BCUT2D eigenvalue weighted by Crippen LogP contribution is -2.41. The van der Waals surface area contributed by atoms with Crippen LogP contribution < -0.4 is 10.1 Å². The van der Waals surface area contributed by atoms with Crippen LogP contribution in [0.1, 0.15) is 86.6 Å². The van der Waals surface area contributed by atoms with Gasteiger partial charge in [-0.3, -0.25) is 4.79 Å². The van der Waals surface area contributed by atoms with Gasteiger partial charge in [-0.25, -0.2) is 4.68 Å². The van der Waals surface area contributed by atoms with Crippen molar-refractivity contribution < 1.29 is 23.4 Å². The summed E-state index contributed by atoms with van der Waals surface area (Å²) in [6.07, 6.45) is 9.53. The number of hydrogen-bond acceptors (Lipinski definition) is 4. The summed E-state index contributed by atoms with van der Waals surface area (Å²) in [6, 6.07) is 13.5. The Morgan fingerprint density at radius 1 is 1.07 bits per heavy atom. The van der Waals surface area contributed by atoms with Crippen molar-refractivity contribution in [1.29, 1.82) is 0 Å². The molecule has 8 heteroatoms. The smallest absolute Gasteiger partial charge is 0.333 e. The van der Waals surface area contributed by atoms with E-state index >= 15 is 0 Å². The molecular formula is C32H39F2N3O3. The van der Waals surface area contributed by atoms with Gasteiger partial charge in [0.1, 0.15) is 5.75 Å². The summed E-state index contributed by atoms with van der Waals surface area (Å²) in [5.74, 6) is 0.964. The molecule has 1 amide bonds. The van der Waals surface area contributed by atoms with Crippen LogP contribution >= 0.6 is 0 Å². The topological polar surface area (TPSA) is 76.4 Å². The Morgan fingerprint density at radius 2 is 1.88 bits per heavy atom. The molecule has 2 N–H and O–H groups in total. The summed E-state index contributed by atoms with van der Waals surface area (Å²) in [7, 11) is 1.66. The predicted octanol–water partition coefficient (Wildman–Crippen LogP) is 6.94. The lowest BCUT2D eigenvalue weighted by molar-refractivity contribution is -0.127. The van der Waals surface area contributed by atoms with Gasteiger partial charge >= 0.3 is 6.55 Å². The van der Waals surface area contributed by atoms with E-state index in [4.69, 9.17) is 4.74 Å². The van der Waals surface area contributed by atoms with Crippen molar-refractivity contribution in [2.24, 2.45) is 11.8 Å². The van der Waals surface area contributed by atoms with E-state index in [0.717, 1.165) is 66.5 Å². The number of alkyl halides is 2. The molecule has 0 aliphatic heterocycles. The van der Waals surface area contributed by atoms with Gasteiger partial charge in [0.05, 0.1) is 25.5 Å². The van der Waals surface area contributed by atoms with E-state index in [9.17, 15) is 18.7 Å². The average molecular weight is 552 g/mol. The number of aromatic nitrogens is 2. The van der Waals surface area contributed by atoms with Gasteiger partial charge in [-0.1, -0.05) is 49.6 Å². The molecule has 2 aromatic carbocycles. The Labute approximate surface area is 234 Å². The maximum atomic E-state index is 13.4. The molecule has 0 bridgehead atoms. The SMILES string of the molecule is COc1ccc(C2CCC(C(NC(=O)C3CCCCC3)c3cccc(-c4cnn(C(F)F)c4)c3)CC2O)cc1C. The third kappa shape index (κ3) is 6.22. The Kier molecular flexibility index (Phi) is 8.84. The van der Waals surface area contributed by atoms with E-state index in [1.165, 1.54) is 18.8 Å². The van der Waals surface area contributed by atoms with Crippen LogP contribution in [0.25, 0.3) is 11.1 Å². The van der Waals surface area contributed by atoms with Gasteiger partial charge in [-0.05, 0) is 79.3 Å². The highest BCUT2D eigenvalue weighted by Crippen LogP contribution is 2.43. The quantitative estimate of drug-likeness (QED) is 0.318. The number of rotatable bonds is 8. The fourth-order valence-electron chi connectivity index (χ4n) is 6.62. The van der Waals surface area contributed by atoms with Crippen LogP contribution in [0.5, 0.6) is 5.75 Å². The van der Waals surface area contributed by atoms with Crippen molar-refractivity contribution in [3.63, 3.8) is 0 Å². The van der Waals surface area contributed by atoms with Crippen LogP contribution in [0.4, 0.5) is 8.78 Å². The number of amides is 1. The minimum atomic E-state index is -2.70. The van der Waals surface area contributed by atoms with Crippen molar-refractivity contribution >= 4 is 5.91 Å². The number of carbonyl (C=O) groups is 1. The molecule has 0 saturated heterocycles. The number of ether oxygens (including phenoxy) is 1. The average Bonchev–Trinajstić information content (AvgIpc) is 3.47. The molecule has 1 aromatic heterocycles. The summed E-state index contributed by atoms with van der Waals surface area (Å²) in [5, 5.41) is 18.5.